The van der Waals surface area contributed by atoms with E-state index in [-0.39, 0.29) is 41.5 Å². The van der Waals surface area contributed by atoms with Crippen LogP contribution in [0, 0.1) is 5.82 Å². The molecule has 0 bridgehead atoms. The summed E-state index contributed by atoms with van der Waals surface area (Å²) in [6.07, 6.45) is 0. The minimum absolute atomic E-state index is 0.0151. The Balaban J connectivity index is 1.43. The first-order valence-electron chi connectivity index (χ1n) is 9.32. The van der Waals surface area contributed by atoms with Crippen molar-refractivity contribution in [1.29, 1.82) is 0 Å². The first-order chi connectivity index (χ1) is 14.6. The van der Waals surface area contributed by atoms with Gasteiger partial charge < -0.3 is 4.90 Å². The molecule has 31 heavy (non-hydrogen) atoms. The minimum Gasteiger partial charge on any atom is -0.338 e. The predicted octanol–water partition coefficient (Wildman–Crippen LogP) is 0.503. The van der Waals surface area contributed by atoms with E-state index in [0.29, 0.717) is 4.31 Å². The molecule has 2 aliphatic rings. The van der Waals surface area contributed by atoms with Crippen LogP contribution in [0.15, 0.2) is 58.3 Å². The van der Waals surface area contributed by atoms with Crippen molar-refractivity contribution in [2.24, 2.45) is 0 Å². The molecular weight excluding hydrogens is 449 g/mol. The maximum absolute atomic E-state index is 13.4. The Hall–Kier alpha value is -2.83. The lowest BCUT2D eigenvalue weighted by Crippen LogP contribution is -2.53. The van der Waals surface area contributed by atoms with E-state index in [1.54, 1.807) is 0 Å². The number of fused-ring (bicyclic) bond motifs is 1. The summed E-state index contributed by atoms with van der Waals surface area (Å²) >= 11 is 0. The number of hydrogen-bond acceptors (Lipinski definition) is 6. The monoisotopic (exact) mass is 467 g/mol. The largest absolute Gasteiger partial charge is 0.338 e. The second-order valence-electron chi connectivity index (χ2n) is 7.06. The van der Waals surface area contributed by atoms with Crippen molar-refractivity contribution in [3.8, 4) is 0 Å². The van der Waals surface area contributed by atoms with Gasteiger partial charge in [-0.2, -0.15) is 4.31 Å². The number of sulfonamides is 2. The molecule has 2 heterocycles. The fraction of sp³-hybridized carbons (Fsp3) is 0.263. The highest BCUT2D eigenvalue weighted by Crippen LogP contribution is 2.29. The molecule has 2 aromatic carbocycles. The van der Waals surface area contributed by atoms with Crippen LogP contribution < -0.4 is 0 Å². The van der Waals surface area contributed by atoms with Crippen LogP contribution in [0.5, 0.6) is 0 Å². The smallest absolute Gasteiger partial charge is 0.269 e. The second-order valence-corrected chi connectivity index (χ2v) is 10.8. The third-order valence-corrected chi connectivity index (χ3v) is 8.90. The van der Waals surface area contributed by atoms with E-state index in [4.69, 9.17) is 0 Å². The second kappa shape index (κ2) is 7.70. The highest BCUT2D eigenvalue weighted by Gasteiger charge is 2.42. The quantitative estimate of drug-likeness (QED) is 0.648. The predicted molar refractivity (Wildman–Crippen MR) is 106 cm³/mol. The molecule has 12 heteroatoms. The van der Waals surface area contributed by atoms with Crippen LogP contribution >= 0.6 is 0 Å². The van der Waals surface area contributed by atoms with Gasteiger partial charge in [-0.05, 0) is 30.3 Å². The third kappa shape index (κ3) is 3.70. The zero-order valence-electron chi connectivity index (χ0n) is 16.1. The zero-order valence-corrected chi connectivity index (χ0v) is 17.8. The van der Waals surface area contributed by atoms with Gasteiger partial charge >= 0.3 is 0 Å². The summed E-state index contributed by atoms with van der Waals surface area (Å²) in [4.78, 5) is 26.1. The van der Waals surface area contributed by atoms with Crippen LogP contribution in [0.2, 0.25) is 0 Å². The third-order valence-electron chi connectivity index (χ3n) is 5.22. The Morgan fingerprint density at radius 1 is 1.00 bits per heavy atom. The van der Waals surface area contributed by atoms with E-state index < -0.39 is 44.2 Å². The average molecular weight is 468 g/mol. The lowest BCUT2D eigenvalue weighted by atomic mass is 10.2. The molecule has 1 fully saturated rings. The highest BCUT2D eigenvalue weighted by molar-refractivity contribution is 7.90. The Labute approximate surface area is 178 Å². The van der Waals surface area contributed by atoms with Crippen molar-refractivity contribution in [1.82, 2.24) is 13.5 Å². The van der Waals surface area contributed by atoms with Crippen LogP contribution in [-0.2, 0) is 24.8 Å². The molecule has 164 valence electrons. The molecule has 0 N–H and O–H groups in total. The number of nitrogens with zero attached hydrogens (tertiary/aromatic N) is 3. The molecule has 0 atom stereocenters. The number of halogens is 1. The van der Waals surface area contributed by atoms with Gasteiger partial charge in [0.05, 0.1) is 10.5 Å². The van der Waals surface area contributed by atoms with Crippen molar-refractivity contribution < 1.29 is 30.8 Å². The molecule has 2 aromatic rings. The number of carbonyl (C=O) groups excluding carboxylic acids is 2. The van der Waals surface area contributed by atoms with Crippen LogP contribution in [0.3, 0.4) is 0 Å². The van der Waals surface area contributed by atoms with Gasteiger partial charge in [-0.1, -0.05) is 18.2 Å². The van der Waals surface area contributed by atoms with Crippen LogP contribution in [-0.4, -0.2) is 74.9 Å². The molecule has 0 saturated carbocycles. The summed E-state index contributed by atoms with van der Waals surface area (Å²) in [5, 5.41) is 0. The number of benzene rings is 2. The Kier molecular flexibility index (Phi) is 5.31. The summed E-state index contributed by atoms with van der Waals surface area (Å²) in [5.41, 5.74) is 0.0151. The number of carbonyl (C=O) groups is 2. The number of amides is 2. The van der Waals surface area contributed by atoms with E-state index in [9.17, 15) is 30.8 Å². The van der Waals surface area contributed by atoms with Crippen LogP contribution in [0.4, 0.5) is 4.39 Å². The molecule has 0 radical (unpaired) electrons. The van der Waals surface area contributed by atoms with Gasteiger partial charge in [0.25, 0.3) is 15.9 Å². The van der Waals surface area contributed by atoms with Crippen molar-refractivity contribution in [3.63, 3.8) is 0 Å². The SMILES string of the molecule is O=C(CN1C(=O)c2ccccc2S1(=O)=O)N1CCN(S(=O)(=O)c2cccc(F)c2)CC1. The first kappa shape index (κ1) is 21.4. The van der Waals surface area contributed by atoms with Gasteiger partial charge in [-0.15, -0.1) is 0 Å². The van der Waals surface area contributed by atoms with Crippen LogP contribution in [0.1, 0.15) is 10.4 Å². The van der Waals surface area contributed by atoms with E-state index >= 15 is 0 Å². The summed E-state index contributed by atoms with van der Waals surface area (Å²) in [6, 6.07) is 10.4. The first-order valence-corrected chi connectivity index (χ1v) is 12.2. The van der Waals surface area contributed by atoms with Gasteiger partial charge in [-0.25, -0.2) is 25.5 Å². The van der Waals surface area contributed by atoms with Gasteiger partial charge in [0.2, 0.25) is 15.9 Å². The lowest BCUT2D eigenvalue weighted by Gasteiger charge is -2.34. The maximum Gasteiger partial charge on any atom is 0.269 e. The molecule has 0 aromatic heterocycles. The van der Waals surface area contributed by atoms with E-state index in [2.05, 4.69) is 0 Å². The lowest BCUT2D eigenvalue weighted by molar-refractivity contribution is -0.132. The summed E-state index contributed by atoms with van der Waals surface area (Å²) in [7, 11) is -8.03. The topological polar surface area (TPSA) is 112 Å². The standard InChI is InChI=1S/C19H18FN3O6S2/c20-14-4-3-5-15(12-14)30(26,27)22-10-8-21(9-11-22)18(24)13-23-19(25)16-6-1-2-7-17(16)31(23,28)29/h1-7,12H,8-11,13H2. The Morgan fingerprint density at radius 2 is 1.68 bits per heavy atom. The normalized spacial score (nSPS) is 18.8. The Bertz CT molecular complexity index is 1270. The molecule has 9 nitrogen and oxygen atoms in total. The summed E-state index contributed by atoms with van der Waals surface area (Å²) < 4.78 is 65.6. The van der Waals surface area contributed by atoms with Crippen molar-refractivity contribution in [3.05, 3.63) is 59.9 Å². The molecule has 0 unspecified atom stereocenters. The van der Waals surface area contributed by atoms with Gasteiger partial charge in [0.15, 0.2) is 0 Å². The van der Waals surface area contributed by atoms with E-state index in [1.807, 2.05) is 0 Å². The van der Waals surface area contributed by atoms with Crippen molar-refractivity contribution >= 4 is 31.9 Å². The molecule has 1 saturated heterocycles. The summed E-state index contributed by atoms with van der Waals surface area (Å²) in [6.45, 7) is -0.700. The average Bonchev–Trinajstić information content (AvgIpc) is 2.95. The van der Waals surface area contributed by atoms with Crippen molar-refractivity contribution in [2.75, 3.05) is 32.7 Å². The van der Waals surface area contributed by atoms with E-state index in [0.717, 1.165) is 16.4 Å². The fourth-order valence-electron chi connectivity index (χ4n) is 3.56. The highest BCUT2D eigenvalue weighted by atomic mass is 32.2. The van der Waals surface area contributed by atoms with Gasteiger partial charge in [-0.3, -0.25) is 9.59 Å². The van der Waals surface area contributed by atoms with E-state index in [1.165, 1.54) is 41.3 Å². The fourth-order valence-corrected chi connectivity index (χ4v) is 6.54. The molecule has 2 aliphatic heterocycles. The van der Waals surface area contributed by atoms with Gasteiger partial charge in [0, 0.05) is 26.2 Å². The molecule has 2 amide bonds. The zero-order chi connectivity index (χ0) is 22.4. The molecular formula is C19H18FN3O6S2. The summed E-state index contributed by atoms with van der Waals surface area (Å²) in [5.74, 6) is -2.05. The molecule has 0 aliphatic carbocycles. The minimum atomic E-state index is -4.11. The number of piperazine rings is 1. The van der Waals surface area contributed by atoms with Gasteiger partial charge in [0.1, 0.15) is 17.3 Å². The van der Waals surface area contributed by atoms with Crippen molar-refractivity contribution in [2.45, 2.75) is 9.79 Å². The maximum atomic E-state index is 13.4. The molecule has 0 spiro atoms. The van der Waals surface area contributed by atoms with Crippen LogP contribution in [0.25, 0.3) is 0 Å². The number of hydrogen-bond donors (Lipinski definition) is 0. The molecule has 4 rings (SSSR count). The Morgan fingerprint density at radius 3 is 2.32 bits per heavy atom. The number of rotatable bonds is 4.